The van der Waals surface area contributed by atoms with E-state index >= 15 is 0 Å². The maximum Gasteiger partial charge on any atom is 0.460 e. The smallest absolute Gasteiger partial charge is 0.460 e. The quantitative estimate of drug-likeness (QED) is 0.0216. The van der Waals surface area contributed by atoms with Crippen molar-refractivity contribution in [3.63, 3.8) is 0 Å². The third-order valence-electron chi connectivity index (χ3n) is 9.47. The Hall–Kier alpha value is -7.03. The van der Waals surface area contributed by atoms with Crippen LogP contribution in [-0.4, -0.2) is 65.5 Å². The normalized spacial score (nSPS) is 14.6. The molecule has 5 amide bonds. The summed E-state index contributed by atoms with van der Waals surface area (Å²) in [6, 6.07) is 36.7. The van der Waals surface area contributed by atoms with E-state index < -0.39 is 52.5 Å². The minimum absolute atomic E-state index is 0.0304. The summed E-state index contributed by atoms with van der Waals surface area (Å²) in [6.45, 7) is -0.0304. The molecule has 20 nitrogen and oxygen atoms in total. The average Bonchev–Trinajstić information content (AvgIpc) is 3.44. The number of nitrogens with zero attached hydrogens (tertiary/aromatic N) is 3. The number of hydrogen-bond donors (Lipinski definition) is 5. The number of anilines is 5. The van der Waals surface area contributed by atoms with Crippen LogP contribution < -0.4 is 58.5 Å². The number of rotatable bonds is 24. The van der Waals surface area contributed by atoms with Crippen molar-refractivity contribution in [2.24, 2.45) is 13.5 Å². The Labute approximate surface area is 466 Å². The van der Waals surface area contributed by atoms with Crippen molar-refractivity contribution in [1.29, 1.82) is 0 Å². The molecule has 0 saturated carbocycles. The molecule has 0 bridgehead atoms. The summed E-state index contributed by atoms with van der Waals surface area (Å²) in [7, 11) is -13.7. The van der Waals surface area contributed by atoms with Crippen molar-refractivity contribution in [3.8, 4) is 52.6 Å². The van der Waals surface area contributed by atoms with Crippen LogP contribution in [0.4, 0.5) is 28.4 Å². The van der Waals surface area contributed by atoms with Crippen molar-refractivity contribution in [3.05, 3.63) is 146 Å². The van der Waals surface area contributed by atoms with E-state index in [4.69, 9.17) is 110 Å². The molecule has 0 spiro atoms. The number of nitrogens with one attached hydrogen (secondary N) is 5. The van der Waals surface area contributed by atoms with Crippen LogP contribution in [0.5, 0.6) is 40.2 Å². The molecule has 0 aliphatic carbocycles. The van der Waals surface area contributed by atoms with Gasteiger partial charge in [-0.15, -0.1) is 64.4 Å². The van der Waals surface area contributed by atoms with E-state index in [1.54, 1.807) is 24.3 Å². The summed E-state index contributed by atoms with van der Waals surface area (Å²) in [5.74, 6) is -0.607. The standard InChI is InChI=1S/C49H42Cl5N8O12P3/c1-2-27-68-38-23-25-44(26-24-38)74-77(73-43-21-11-37(12-22-43)59-49(67)32-54)61-75(69-39-13-3-33(4-14-39)55-45(63)28-50,70-40-15-5-34(6-16-40)56-46(64)29-51)60-76(62-77,71-41-17-7-35(8-18-41)57-47(65)30-52)72-42-19-9-36(10-20-42)58-48(66)31-53/h1,3-26H,27-32H2,(H,55,63)(H,56,64)(H,57,65)(H,58,66)(H,59,67). The second kappa shape index (κ2) is 27.3. The van der Waals surface area contributed by atoms with Gasteiger partial charge in [0.2, 0.25) is 29.5 Å². The van der Waals surface area contributed by atoms with Crippen LogP contribution in [0.2, 0.25) is 0 Å². The van der Waals surface area contributed by atoms with E-state index in [1.165, 1.54) is 121 Å². The molecule has 1 atom stereocenters. The fraction of sp³-hybridized carbons (Fsp3) is 0.122. The summed E-state index contributed by atoms with van der Waals surface area (Å²) in [4.78, 5) is 61.5. The first-order chi connectivity index (χ1) is 37.2. The van der Waals surface area contributed by atoms with Gasteiger partial charge < -0.3 is 58.5 Å². The zero-order valence-corrected chi connectivity index (χ0v) is 46.1. The molecule has 77 heavy (non-hydrogen) atoms. The van der Waals surface area contributed by atoms with Crippen LogP contribution in [0.15, 0.2) is 159 Å². The number of carbonyl (C=O) groups is 5. The summed E-state index contributed by atoms with van der Waals surface area (Å²) in [5.41, 5.74) is 1.80. The van der Waals surface area contributed by atoms with Gasteiger partial charge in [0.1, 0.15) is 76.3 Å². The highest BCUT2D eigenvalue weighted by atomic mass is 35.5. The van der Waals surface area contributed by atoms with E-state index in [9.17, 15) is 24.0 Å². The van der Waals surface area contributed by atoms with Gasteiger partial charge in [-0.25, -0.2) is 0 Å². The van der Waals surface area contributed by atoms with E-state index in [-0.39, 0.29) is 70.5 Å². The number of alkyl halides is 5. The van der Waals surface area contributed by atoms with Gasteiger partial charge in [0.05, 0.1) is 0 Å². The van der Waals surface area contributed by atoms with Crippen LogP contribution in [0.25, 0.3) is 0 Å². The lowest BCUT2D eigenvalue weighted by Crippen LogP contribution is -2.13. The van der Waals surface area contributed by atoms with Crippen molar-refractivity contribution >= 4 is 139 Å². The second-order valence-corrected chi connectivity index (χ2v) is 22.8. The molecule has 0 radical (unpaired) electrons. The maximum atomic E-state index is 12.3. The lowest BCUT2D eigenvalue weighted by molar-refractivity contribution is -0.114. The summed E-state index contributed by atoms with van der Waals surface area (Å²) in [6.07, 6.45) is 5.46. The van der Waals surface area contributed by atoms with Gasteiger partial charge in [-0.3, -0.25) is 24.0 Å². The predicted octanol–water partition coefficient (Wildman–Crippen LogP) is 13.2. The molecule has 7 rings (SSSR count). The Morgan fingerprint density at radius 3 is 0.714 bits per heavy atom. The largest absolute Gasteiger partial charge is 0.481 e. The van der Waals surface area contributed by atoms with Crippen LogP contribution in [0.3, 0.4) is 0 Å². The number of carbonyl (C=O) groups excluding carboxylic acids is 5. The Morgan fingerprint density at radius 2 is 0.532 bits per heavy atom. The van der Waals surface area contributed by atoms with E-state index in [0.717, 1.165) is 0 Å². The number of hydrogen-bond acceptors (Lipinski definition) is 15. The van der Waals surface area contributed by atoms with Crippen LogP contribution >= 0.6 is 81.0 Å². The molecule has 28 heteroatoms. The Balaban J connectivity index is 1.54. The first-order valence-corrected chi connectivity index (χ1v) is 29.5. The average molecular weight is 1210 g/mol. The number of halogens is 5. The highest BCUT2D eigenvalue weighted by Gasteiger charge is 2.49. The molecule has 1 unspecified atom stereocenters. The molecule has 400 valence electrons. The fourth-order valence-corrected chi connectivity index (χ4v) is 15.7. The number of amides is 5. The van der Waals surface area contributed by atoms with Gasteiger partial charge in [-0.1, -0.05) is 19.5 Å². The van der Waals surface area contributed by atoms with Crippen LogP contribution in [0.1, 0.15) is 0 Å². The highest BCUT2D eigenvalue weighted by molar-refractivity contribution is 7.79. The van der Waals surface area contributed by atoms with Crippen molar-refractivity contribution in [2.45, 2.75) is 0 Å². The molecule has 0 fully saturated rings. The van der Waals surface area contributed by atoms with Gasteiger partial charge >= 0.3 is 23.0 Å². The van der Waals surface area contributed by atoms with Crippen LogP contribution in [-0.2, 0) is 24.0 Å². The SMILES string of the molecule is C#CCOc1ccc(OP2(Oc3ccc(NC(=O)CCl)cc3)=NP(Oc3ccc(NC(=O)CCl)cc3)(Oc3ccc(NC(=O)CCl)cc3)=NP(Oc3ccc(NC(=O)CCl)cc3)(Oc3ccc(NC(=O)CCl)cc3)=N2)cc1. The molecule has 0 saturated heterocycles. The van der Waals surface area contributed by atoms with Gasteiger partial charge in [0.25, 0.3) is 0 Å². The highest BCUT2D eigenvalue weighted by Crippen LogP contribution is 2.78. The van der Waals surface area contributed by atoms with Gasteiger partial charge in [0.15, 0.2) is 0 Å². The molecule has 6 aromatic carbocycles. The van der Waals surface area contributed by atoms with Gasteiger partial charge in [-0.2, -0.15) is 0 Å². The molecule has 0 aromatic heterocycles. The first kappa shape index (κ1) is 57.7. The topological polar surface area (TPSA) is 247 Å². The molecule has 5 N–H and O–H groups in total. The molecule has 1 aliphatic rings. The van der Waals surface area contributed by atoms with Crippen molar-refractivity contribution in [2.75, 3.05) is 62.6 Å². The molecule has 1 heterocycles. The summed E-state index contributed by atoms with van der Waals surface area (Å²) < 4.78 is 62.4. The molecular weight excluding hydrogens is 1160 g/mol. The third kappa shape index (κ3) is 17.0. The minimum atomic E-state index is -4.57. The Bertz CT molecular complexity index is 3040. The third-order valence-corrected chi connectivity index (χ3v) is 18.8. The lowest BCUT2D eigenvalue weighted by Gasteiger charge is -2.33. The van der Waals surface area contributed by atoms with E-state index in [0.29, 0.717) is 34.2 Å². The van der Waals surface area contributed by atoms with Crippen molar-refractivity contribution < 1.29 is 55.9 Å². The number of terminal acetylenes is 1. The molecule has 1 aliphatic heterocycles. The number of ether oxygens (including phenoxy) is 1. The van der Waals surface area contributed by atoms with Crippen molar-refractivity contribution in [1.82, 2.24) is 0 Å². The minimum Gasteiger partial charge on any atom is -0.481 e. The van der Waals surface area contributed by atoms with E-state index in [2.05, 4.69) is 32.5 Å². The first-order valence-electron chi connectivity index (χ1n) is 22.2. The van der Waals surface area contributed by atoms with Crippen LogP contribution in [0, 0.1) is 12.3 Å². The zero-order valence-electron chi connectivity index (χ0n) is 39.6. The predicted molar refractivity (Wildman–Crippen MR) is 302 cm³/mol. The monoisotopic (exact) mass is 1200 g/mol. The maximum absolute atomic E-state index is 12.3. The lowest BCUT2D eigenvalue weighted by atomic mass is 10.3. The Morgan fingerprint density at radius 1 is 0.351 bits per heavy atom. The van der Waals surface area contributed by atoms with Gasteiger partial charge in [-0.05, 0) is 146 Å². The van der Waals surface area contributed by atoms with E-state index in [1.807, 2.05) is 0 Å². The second-order valence-electron chi connectivity index (χ2n) is 15.3. The summed E-state index contributed by atoms with van der Waals surface area (Å²) >= 11 is 28.9. The van der Waals surface area contributed by atoms with Gasteiger partial charge in [0, 0.05) is 28.4 Å². The molecular formula is C49H42Cl5N8O12P3. The zero-order chi connectivity index (χ0) is 54.8. The summed E-state index contributed by atoms with van der Waals surface area (Å²) in [5, 5.41) is 13.4. The fourth-order valence-electron chi connectivity index (χ4n) is 6.27. The molecule has 6 aromatic rings. The Kier molecular flexibility index (Phi) is 20.5. The number of benzene rings is 6.